The van der Waals surface area contributed by atoms with E-state index in [0.29, 0.717) is 13.2 Å². The number of hydrogen-bond donors (Lipinski definition) is 1. The second-order valence-corrected chi connectivity index (χ2v) is 6.62. The molecule has 8 heteroatoms. The molecule has 5 nitrogen and oxygen atoms in total. The van der Waals surface area contributed by atoms with Crippen LogP contribution in [0.2, 0.25) is 4.34 Å². The summed E-state index contributed by atoms with van der Waals surface area (Å²) < 4.78 is 11.7. The van der Waals surface area contributed by atoms with Crippen LogP contribution in [0.15, 0.2) is 17.1 Å². The SMILES string of the molecule is CN=C(NCCc1ccc(Cl)s1)N1CCOC(COC)C1.I. The quantitative estimate of drug-likeness (QED) is 0.417. The molecule has 0 bridgehead atoms. The van der Waals surface area contributed by atoms with Gasteiger partial charge in [-0.3, -0.25) is 4.99 Å². The van der Waals surface area contributed by atoms with Gasteiger partial charge in [-0.2, -0.15) is 0 Å². The van der Waals surface area contributed by atoms with Gasteiger partial charge in [0.2, 0.25) is 0 Å². The van der Waals surface area contributed by atoms with Crippen LogP contribution in [0.25, 0.3) is 0 Å². The van der Waals surface area contributed by atoms with E-state index in [0.717, 1.165) is 36.4 Å². The van der Waals surface area contributed by atoms with Crippen molar-refractivity contribution in [2.24, 2.45) is 4.99 Å². The minimum absolute atomic E-state index is 0. The van der Waals surface area contributed by atoms with Gasteiger partial charge in [-0.05, 0) is 18.6 Å². The normalized spacial score (nSPS) is 19.0. The molecule has 1 N–H and O–H groups in total. The van der Waals surface area contributed by atoms with Crippen LogP contribution in [0.4, 0.5) is 0 Å². The first-order valence-electron chi connectivity index (χ1n) is 7.03. The second kappa shape index (κ2) is 10.6. The molecule has 2 heterocycles. The monoisotopic (exact) mass is 459 g/mol. The van der Waals surface area contributed by atoms with E-state index in [9.17, 15) is 0 Å². The van der Waals surface area contributed by atoms with Crippen molar-refractivity contribution in [1.29, 1.82) is 0 Å². The van der Waals surface area contributed by atoms with Crippen LogP contribution in [-0.2, 0) is 15.9 Å². The minimum Gasteiger partial charge on any atom is -0.382 e. The first-order valence-corrected chi connectivity index (χ1v) is 8.22. The molecule has 1 aromatic heterocycles. The summed E-state index contributed by atoms with van der Waals surface area (Å²) >= 11 is 7.56. The Hall–Kier alpha value is -0.0900. The van der Waals surface area contributed by atoms with Gasteiger partial charge in [0.15, 0.2) is 5.96 Å². The third-order valence-electron chi connectivity index (χ3n) is 3.29. The molecule has 1 aromatic rings. The molecule has 0 spiro atoms. The summed E-state index contributed by atoms with van der Waals surface area (Å²) in [7, 11) is 3.51. The first-order chi connectivity index (χ1) is 10.2. The lowest BCUT2D eigenvalue weighted by Gasteiger charge is -2.34. The fraction of sp³-hybridized carbons (Fsp3) is 0.643. The molecule has 22 heavy (non-hydrogen) atoms. The van der Waals surface area contributed by atoms with Gasteiger partial charge >= 0.3 is 0 Å². The van der Waals surface area contributed by atoms with Gasteiger partial charge in [-0.1, -0.05) is 11.6 Å². The third-order valence-corrected chi connectivity index (χ3v) is 4.58. The fourth-order valence-electron chi connectivity index (χ4n) is 2.31. The van der Waals surface area contributed by atoms with Crippen molar-refractivity contribution >= 4 is 52.9 Å². The lowest BCUT2D eigenvalue weighted by Crippen LogP contribution is -2.51. The molecule has 0 saturated carbocycles. The second-order valence-electron chi connectivity index (χ2n) is 4.82. The van der Waals surface area contributed by atoms with Gasteiger partial charge in [-0.25, -0.2) is 0 Å². The minimum atomic E-state index is 0. The number of nitrogens with one attached hydrogen (secondary N) is 1. The van der Waals surface area contributed by atoms with Gasteiger partial charge < -0.3 is 19.7 Å². The number of halogens is 2. The number of ether oxygens (including phenoxy) is 2. The van der Waals surface area contributed by atoms with E-state index in [1.54, 1.807) is 18.4 Å². The highest BCUT2D eigenvalue weighted by molar-refractivity contribution is 14.0. The molecule has 0 aromatic carbocycles. The Morgan fingerprint density at radius 3 is 3.05 bits per heavy atom. The Balaban J connectivity index is 0.00000242. The van der Waals surface area contributed by atoms with E-state index in [-0.39, 0.29) is 30.1 Å². The molecule has 0 aliphatic carbocycles. The maximum absolute atomic E-state index is 5.94. The number of guanidine groups is 1. The molecule has 1 atom stereocenters. The Morgan fingerprint density at radius 1 is 1.59 bits per heavy atom. The molecule has 1 fully saturated rings. The highest BCUT2D eigenvalue weighted by Crippen LogP contribution is 2.21. The topological polar surface area (TPSA) is 46.1 Å². The zero-order valence-electron chi connectivity index (χ0n) is 12.9. The maximum Gasteiger partial charge on any atom is 0.193 e. The number of morpholine rings is 1. The van der Waals surface area contributed by atoms with Crippen LogP contribution in [0, 0.1) is 0 Å². The van der Waals surface area contributed by atoms with Crippen molar-refractivity contribution in [2.75, 3.05) is 47.0 Å². The molecule has 0 radical (unpaired) electrons. The van der Waals surface area contributed by atoms with Crippen LogP contribution in [0.1, 0.15) is 4.88 Å². The predicted molar refractivity (Wildman–Crippen MR) is 103 cm³/mol. The Kier molecular flexibility index (Phi) is 9.65. The smallest absolute Gasteiger partial charge is 0.193 e. The molecule has 1 unspecified atom stereocenters. The summed E-state index contributed by atoms with van der Waals surface area (Å²) in [5, 5.41) is 3.40. The van der Waals surface area contributed by atoms with E-state index < -0.39 is 0 Å². The number of rotatable bonds is 5. The van der Waals surface area contributed by atoms with Crippen LogP contribution in [0.5, 0.6) is 0 Å². The molecule has 1 aliphatic heterocycles. The molecule has 0 amide bonds. The van der Waals surface area contributed by atoms with E-state index in [1.807, 2.05) is 13.1 Å². The van der Waals surface area contributed by atoms with Gasteiger partial charge in [0.25, 0.3) is 0 Å². The van der Waals surface area contributed by atoms with E-state index >= 15 is 0 Å². The molecule has 126 valence electrons. The highest BCUT2D eigenvalue weighted by atomic mass is 127. The summed E-state index contributed by atoms with van der Waals surface area (Å²) in [6, 6.07) is 4.01. The summed E-state index contributed by atoms with van der Waals surface area (Å²) in [4.78, 5) is 7.85. The standard InChI is InChI=1S/C14H22ClN3O2S.HI/c1-16-14(17-6-5-12-3-4-13(15)21-12)18-7-8-20-11(9-18)10-19-2;/h3-4,11H,5-10H2,1-2H3,(H,16,17);1H. The first kappa shape index (κ1) is 20.0. The molecule has 1 aliphatic rings. The summed E-state index contributed by atoms with van der Waals surface area (Å²) in [6.07, 6.45) is 1.06. The van der Waals surface area contributed by atoms with E-state index in [1.165, 1.54) is 4.88 Å². The fourth-order valence-corrected chi connectivity index (χ4v) is 3.40. The van der Waals surface area contributed by atoms with Crippen molar-refractivity contribution in [3.05, 3.63) is 21.3 Å². The Labute approximate surface area is 158 Å². The van der Waals surface area contributed by atoms with Crippen LogP contribution in [-0.4, -0.2) is 64.0 Å². The van der Waals surface area contributed by atoms with E-state index in [4.69, 9.17) is 21.1 Å². The van der Waals surface area contributed by atoms with Gasteiger partial charge in [-0.15, -0.1) is 35.3 Å². The number of thiophene rings is 1. The number of methoxy groups -OCH3 is 1. The number of hydrogen-bond acceptors (Lipinski definition) is 4. The lowest BCUT2D eigenvalue weighted by molar-refractivity contribution is -0.0447. The number of nitrogens with zero attached hydrogens (tertiary/aromatic N) is 2. The average Bonchev–Trinajstić information content (AvgIpc) is 2.90. The summed E-state index contributed by atoms with van der Waals surface area (Å²) in [6.45, 7) is 3.81. The highest BCUT2D eigenvalue weighted by Gasteiger charge is 2.22. The van der Waals surface area contributed by atoms with Crippen LogP contribution < -0.4 is 5.32 Å². The maximum atomic E-state index is 5.94. The zero-order chi connectivity index (χ0) is 15.1. The van der Waals surface area contributed by atoms with Gasteiger partial charge in [0, 0.05) is 38.7 Å². The van der Waals surface area contributed by atoms with Crippen molar-refractivity contribution < 1.29 is 9.47 Å². The van der Waals surface area contributed by atoms with Crippen molar-refractivity contribution in [3.8, 4) is 0 Å². The molecule has 1 saturated heterocycles. The Morgan fingerprint density at radius 2 is 2.41 bits per heavy atom. The lowest BCUT2D eigenvalue weighted by atomic mass is 10.3. The van der Waals surface area contributed by atoms with E-state index in [2.05, 4.69) is 21.3 Å². The molecule has 2 rings (SSSR count). The summed E-state index contributed by atoms with van der Waals surface area (Å²) in [5.41, 5.74) is 0. The van der Waals surface area contributed by atoms with Crippen LogP contribution >= 0.6 is 46.9 Å². The predicted octanol–water partition coefficient (Wildman–Crippen LogP) is 2.48. The Bertz CT molecular complexity index is 471. The molecular weight excluding hydrogens is 437 g/mol. The zero-order valence-corrected chi connectivity index (χ0v) is 16.8. The molecular formula is C14H23ClIN3O2S. The average molecular weight is 460 g/mol. The van der Waals surface area contributed by atoms with Crippen molar-refractivity contribution in [2.45, 2.75) is 12.5 Å². The summed E-state index contributed by atoms with van der Waals surface area (Å²) in [5.74, 6) is 0.919. The third kappa shape index (κ3) is 6.19. The van der Waals surface area contributed by atoms with Gasteiger partial charge in [0.05, 0.1) is 23.7 Å². The van der Waals surface area contributed by atoms with Crippen molar-refractivity contribution in [3.63, 3.8) is 0 Å². The van der Waals surface area contributed by atoms with Crippen LogP contribution in [0.3, 0.4) is 0 Å². The van der Waals surface area contributed by atoms with Crippen molar-refractivity contribution in [1.82, 2.24) is 10.2 Å². The number of aliphatic imine (C=N–C) groups is 1. The van der Waals surface area contributed by atoms with Gasteiger partial charge in [0.1, 0.15) is 0 Å². The largest absolute Gasteiger partial charge is 0.382 e.